The number of rotatable bonds is 5. The summed E-state index contributed by atoms with van der Waals surface area (Å²) >= 11 is 0. The van der Waals surface area contributed by atoms with E-state index in [0.29, 0.717) is 6.42 Å². The van der Waals surface area contributed by atoms with Crippen LogP contribution >= 0.6 is 0 Å². The van der Waals surface area contributed by atoms with Gasteiger partial charge in [0.25, 0.3) is 0 Å². The normalized spacial score (nSPS) is 16.0. The maximum absolute atomic E-state index is 12.8. The van der Waals surface area contributed by atoms with Gasteiger partial charge in [-0.05, 0) is 42.2 Å². The quantitative estimate of drug-likeness (QED) is 0.269. The summed E-state index contributed by atoms with van der Waals surface area (Å²) in [4.78, 5) is 27.5. The second-order valence-corrected chi connectivity index (χ2v) is 11.4. The Morgan fingerprint density at radius 2 is 1.48 bits per heavy atom. The number of nitrogens with zero attached hydrogens (tertiary/aromatic N) is 5. The van der Waals surface area contributed by atoms with Crippen LogP contribution < -0.4 is 4.90 Å². The molecular weight excluding hydrogens is 520 g/mol. The second-order valence-electron chi connectivity index (χ2n) is 11.4. The first-order valence-electron chi connectivity index (χ1n) is 14.6. The summed E-state index contributed by atoms with van der Waals surface area (Å²) in [5.41, 5.74) is 10.0. The SMILES string of the molecule is O=C1Cc2ccccc2N1C1CCN(Cc2ccc(-c3nc4cc5[nH]ncc5cc4nc3-c3ccccc3)cc2)CC1. The Morgan fingerprint density at radius 1 is 0.786 bits per heavy atom. The Labute approximate surface area is 243 Å². The van der Waals surface area contributed by atoms with Gasteiger partial charge in [0.05, 0.1) is 40.6 Å². The number of hydrogen-bond donors (Lipinski definition) is 1. The van der Waals surface area contributed by atoms with Gasteiger partial charge >= 0.3 is 0 Å². The monoisotopic (exact) mass is 550 g/mol. The van der Waals surface area contributed by atoms with Crippen molar-refractivity contribution >= 4 is 33.5 Å². The van der Waals surface area contributed by atoms with Crippen LogP contribution in [0.1, 0.15) is 24.0 Å². The Hall–Kier alpha value is -4.88. The first-order chi connectivity index (χ1) is 20.7. The minimum Gasteiger partial charge on any atom is -0.309 e. The third kappa shape index (κ3) is 4.43. The zero-order valence-corrected chi connectivity index (χ0v) is 23.2. The van der Waals surface area contributed by atoms with Gasteiger partial charge in [-0.15, -0.1) is 0 Å². The summed E-state index contributed by atoms with van der Waals surface area (Å²) in [7, 11) is 0. The zero-order valence-electron chi connectivity index (χ0n) is 23.2. The van der Waals surface area contributed by atoms with Crippen LogP contribution in [0.4, 0.5) is 5.69 Å². The van der Waals surface area contributed by atoms with Crippen LogP contribution in [-0.2, 0) is 17.8 Å². The molecule has 2 aliphatic rings. The van der Waals surface area contributed by atoms with Gasteiger partial charge in [-0.25, -0.2) is 9.97 Å². The molecule has 0 aliphatic carbocycles. The van der Waals surface area contributed by atoms with E-state index in [0.717, 1.165) is 88.2 Å². The molecule has 0 atom stereocenters. The van der Waals surface area contributed by atoms with Gasteiger partial charge in [0.15, 0.2) is 0 Å². The van der Waals surface area contributed by atoms with Gasteiger partial charge in [0, 0.05) is 47.9 Å². The van der Waals surface area contributed by atoms with Crippen LogP contribution in [0.3, 0.4) is 0 Å². The molecule has 7 nitrogen and oxygen atoms in total. The smallest absolute Gasteiger partial charge is 0.231 e. The molecule has 206 valence electrons. The van der Waals surface area contributed by atoms with E-state index in [1.807, 2.05) is 48.7 Å². The molecular formula is C35H30N6O. The van der Waals surface area contributed by atoms with E-state index in [4.69, 9.17) is 9.97 Å². The number of anilines is 1. The van der Waals surface area contributed by atoms with Crippen LogP contribution in [0, 0.1) is 0 Å². The Balaban J connectivity index is 1.02. The topological polar surface area (TPSA) is 78.0 Å². The molecule has 4 heterocycles. The maximum atomic E-state index is 12.8. The number of carbonyl (C=O) groups excluding carboxylic acids is 1. The van der Waals surface area contributed by atoms with E-state index in [2.05, 4.69) is 68.5 Å². The Kier molecular flexibility index (Phi) is 6.04. The van der Waals surface area contributed by atoms with Crippen molar-refractivity contribution in [3.05, 3.63) is 108 Å². The number of benzene rings is 4. The van der Waals surface area contributed by atoms with Crippen LogP contribution in [0.15, 0.2) is 97.2 Å². The molecule has 6 aromatic rings. The number of H-pyrrole nitrogens is 1. The fourth-order valence-corrected chi connectivity index (χ4v) is 6.53. The minimum atomic E-state index is 0.242. The van der Waals surface area contributed by atoms with Crippen LogP contribution in [-0.4, -0.2) is 50.1 Å². The number of aromatic nitrogens is 4. The van der Waals surface area contributed by atoms with E-state index in [9.17, 15) is 4.79 Å². The van der Waals surface area contributed by atoms with Gasteiger partial charge < -0.3 is 4.90 Å². The number of para-hydroxylation sites is 1. The lowest BCUT2D eigenvalue weighted by molar-refractivity contribution is -0.118. The summed E-state index contributed by atoms with van der Waals surface area (Å²) < 4.78 is 0. The molecule has 0 unspecified atom stereocenters. The van der Waals surface area contributed by atoms with E-state index in [1.54, 1.807) is 0 Å². The molecule has 1 N–H and O–H groups in total. The lowest BCUT2D eigenvalue weighted by atomic mass is 10.0. The predicted octanol–water partition coefficient (Wildman–Crippen LogP) is 6.39. The molecule has 2 aliphatic heterocycles. The van der Waals surface area contributed by atoms with E-state index in [-0.39, 0.29) is 11.9 Å². The number of piperidine rings is 1. The molecule has 8 rings (SSSR count). The summed E-state index contributed by atoms with van der Waals surface area (Å²) in [6.45, 7) is 2.85. The number of aromatic amines is 1. The lowest BCUT2D eigenvalue weighted by Crippen LogP contribution is -2.46. The molecule has 7 heteroatoms. The Morgan fingerprint density at radius 3 is 2.26 bits per heavy atom. The van der Waals surface area contributed by atoms with E-state index in [1.165, 1.54) is 5.56 Å². The number of hydrogen-bond acceptors (Lipinski definition) is 5. The fraction of sp³-hybridized carbons (Fsp3) is 0.200. The van der Waals surface area contributed by atoms with Gasteiger partial charge in [-0.1, -0.05) is 72.8 Å². The van der Waals surface area contributed by atoms with Crippen LogP contribution in [0.5, 0.6) is 0 Å². The van der Waals surface area contributed by atoms with Crippen LogP contribution in [0.25, 0.3) is 44.5 Å². The molecule has 0 bridgehead atoms. The van der Waals surface area contributed by atoms with Crippen molar-refractivity contribution in [3.8, 4) is 22.5 Å². The number of amides is 1. The molecule has 4 aromatic carbocycles. The standard InChI is InChI=1S/C35H30N6O/c42-33-19-26-8-4-5-9-32(26)41(33)28-14-16-40(17-15-28)22-23-10-12-25(13-11-23)35-34(24-6-2-1-3-7-24)37-30-18-27-21-36-39-29(27)20-31(30)38-35/h1-13,18,20-21,28H,14-17,19,22H2,(H,36,39). The zero-order chi connectivity index (χ0) is 28.0. The average Bonchev–Trinajstić information content (AvgIpc) is 3.63. The molecule has 1 fully saturated rings. The minimum absolute atomic E-state index is 0.242. The predicted molar refractivity (Wildman–Crippen MR) is 166 cm³/mol. The highest BCUT2D eigenvalue weighted by atomic mass is 16.2. The third-order valence-electron chi connectivity index (χ3n) is 8.69. The first kappa shape index (κ1) is 24.9. The molecule has 1 saturated heterocycles. The molecule has 0 spiro atoms. The number of carbonyl (C=O) groups is 1. The van der Waals surface area contributed by atoms with Crippen molar-refractivity contribution in [1.29, 1.82) is 0 Å². The van der Waals surface area contributed by atoms with Crippen molar-refractivity contribution in [2.24, 2.45) is 0 Å². The first-order valence-corrected chi connectivity index (χ1v) is 14.6. The second kappa shape index (κ2) is 10.2. The molecule has 0 radical (unpaired) electrons. The highest BCUT2D eigenvalue weighted by Gasteiger charge is 2.34. The third-order valence-corrected chi connectivity index (χ3v) is 8.69. The Bertz CT molecular complexity index is 1920. The average molecular weight is 551 g/mol. The fourth-order valence-electron chi connectivity index (χ4n) is 6.53. The van der Waals surface area contributed by atoms with Crippen molar-refractivity contribution in [2.45, 2.75) is 31.8 Å². The number of nitrogens with one attached hydrogen (secondary N) is 1. The van der Waals surface area contributed by atoms with Crippen molar-refractivity contribution in [1.82, 2.24) is 25.1 Å². The van der Waals surface area contributed by atoms with Gasteiger partial charge in [-0.3, -0.25) is 14.8 Å². The summed E-state index contributed by atoms with van der Waals surface area (Å²) in [5, 5.41) is 8.25. The van der Waals surface area contributed by atoms with Gasteiger partial charge in [0.1, 0.15) is 0 Å². The number of likely N-dealkylation sites (tertiary alicyclic amines) is 1. The van der Waals surface area contributed by atoms with E-state index >= 15 is 0 Å². The van der Waals surface area contributed by atoms with Gasteiger partial charge in [0.2, 0.25) is 5.91 Å². The highest BCUT2D eigenvalue weighted by molar-refractivity contribution is 6.02. The maximum Gasteiger partial charge on any atom is 0.231 e. The summed E-state index contributed by atoms with van der Waals surface area (Å²) in [5.74, 6) is 0.242. The van der Waals surface area contributed by atoms with Crippen molar-refractivity contribution in [3.63, 3.8) is 0 Å². The van der Waals surface area contributed by atoms with Gasteiger partial charge in [-0.2, -0.15) is 5.10 Å². The summed E-state index contributed by atoms with van der Waals surface area (Å²) in [6.07, 6.45) is 4.34. The highest BCUT2D eigenvalue weighted by Crippen LogP contribution is 2.34. The largest absolute Gasteiger partial charge is 0.309 e. The molecule has 42 heavy (non-hydrogen) atoms. The van der Waals surface area contributed by atoms with Crippen molar-refractivity contribution in [2.75, 3.05) is 18.0 Å². The molecule has 2 aromatic heterocycles. The molecule has 0 saturated carbocycles. The van der Waals surface area contributed by atoms with E-state index < -0.39 is 0 Å². The number of fused-ring (bicyclic) bond motifs is 3. The lowest BCUT2D eigenvalue weighted by Gasteiger charge is -2.37. The molecule has 1 amide bonds. The van der Waals surface area contributed by atoms with Crippen molar-refractivity contribution < 1.29 is 4.79 Å². The van der Waals surface area contributed by atoms with Crippen LogP contribution in [0.2, 0.25) is 0 Å². The summed E-state index contributed by atoms with van der Waals surface area (Å²) in [6, 6.07) is 31.6.